The second kappa shape index (κ2) is 6.81. The Morgan fingerprint density at radius 1 is 1.22 bits per heavy atom. The summed E-state index contributed by atoms with van der Waals surface area (Å²) in [5, 5.41) is 0. The van der Waals surface area contributed by atoms with E-state index in [0.29, 0.717) is 6.61 Å². The zero-order valence-electron chi connectivity index (χ0n) is 13.0. The number of hydrogen-bond donors (Lipinski definition) is 0. The van der Waals surface area contributed by atoms with Crippen LogP contribution in [0.25, 0.3) is 0 Å². The maximum atomic E-state index is 5.89. The summed E-state index contributed by atoms with van der Waals surface area (Å²) in [5.41, 5.74) is 3.76. The van der Waals surface area contributed by atoms with Crippen LogP contribution in [-0.2, 0) is 17.8 Å². The highest BCUT2D eigenvalue weighted by Crippen LogP contribution is 2.32. The number of anilines is 1. The molecule has 4 nitrogen and oxygen atoms in total. The Morgan fingerprint density at radius 3 is 3.04 bits per heavy atom. The van der Waals surface area contributed by atoms with Crippen molar-refractivity contribution in [3.63, 3.8) is 0 Å². The zero-order valence-corrected chi connectivity index (χ0v) is 13.8. The molecular formula is C18H20N2O2S. The fourth-order valence-electron chi connectivity index (χ4n) is 2.94. The highest BCUT2D eigenvalue weighted by molar-refractivity contribution is 7.99. The predicted octanol–water partition coefficient (Wildman–Crippen LogP) is 3.15. The summed E-state index contributed by atoms with van der Waals surface area (Å²) in [7, 11) is 0. The fourth-order valence-corrected chi connectivity index (χ4v) is 4.01. The zero-order chi connectivity index (χ0) is 15.5. The number of rotatable bonds is 4. The maximum Gasteiger partial charge on any atom is 0.214 e. The SMILES string of the molecule is c1cc(COc2cc3c(cn2)CCS3)cc(N2CCOCC2)c1. The summed E-state index contributed by atoms with van der Waals surface area (Å²) in [4.78, 5) is 8.09. The molecule has 0 N–H and O–H groups in total. The van der Waals surface area contributed by atoms with Gasteiger partial charge in [-0.1, -0.05) is 12.1 Å². The van der Waals surface area contributed by atoms with Crippen LogP contribution in [0.2, 0.25) is 0 Å². The van der Waals surface area contributed by atoms with Crippen LogP contribution < -0.4 is 9.64 Å². The molecule has 5 heteroatoms. The van der Waals surface area contributed by atoms with Crippen molar-refractivity contribution in [1.82, 2.24) is 4.98 Å². The van der Waals surface area contributed by atoms with Crippen molar-refractivity contribution in [2.75, 3.05) is 37.0 Å². The van der Waals surface area contributed by atoms with Crippen molar-refractivity contribution in [3.8, 4) is 5.88 Å². The summed E-state index contributed by atoms with van der Waals surface area (Å²) >= 11 is 1.89. The molecule has 0 aliphatic carbocycles. The lowest BCUT2D eigenvalue weighted by molar-refractivity contribution is 0.122. The number of thioether (sulfide) groups is 1. The lowest BCUT2D eigenvalue weighted by Crippen LogP contribution is -2.36. The fraction of sp³-hybridized carbons (Fsp3) is 0.389. The van der Waals surface area contributed by atoms with E-state index in [4.69, 9.17) is 9.47 Å². The van der Waals surface area contributed by atoms with Crippen LogP contribution in [-0.4, -0.2) is 37.0 Å². The number of pyridine rings is 1. The van der Waals surface area contributed by atoms with Gasteiger partial charge in [0, 0.05) is 41.7 Å². The van der Waals surface area contributed by atoms with Gasteiger partial charge in [-0.2, -0.15) is 0 Å². The summed E-state index contributed by atoms with van der Waals surface area (Å²) in [6.07, 6.45) is 3.07. The average molecular weight is 328 g/mol. The maximum absolute atomic E-state index is 5.89. The summed E-state index contributed by atoms with van der Waals surface area (Å²) < 4.78 is 11.3. The lowest BCUT2D eigenvalue weighted by atomic mass is 10.2. The van der Waals surface area contributed by atoms with Gasteiger partial charge in [-0.05, 0) is 29.7 Å². The van der Waals surface area contributed by atoms with Crippen LogP contribution in [0.5, 0.6) is 5.88 Å². The van der Waals surface area contributed by atoms with Gasteiger partial charge in [-0.25, -0.2) is 4.98 Å². The predicted molar refractivity (Wildman–Crippen MR) is 92.5 cm³/mol. The smallest absolute Gasteiger partial charge is 0.214 e. The van der Waals surface area contributed by atoms with E-state index in [1.165, 1.54) is 21.7 Å². The Labute approximate surface area is 140 Å². The molecule has 1 fully saturated rings. The highest BCUT2D eigenvalue weighted by Gasteiger charge is 2.14. The molecular weight excluding hydrogens is 308 g/mol. The Balaban J connectivity index is 1.42. The highest BCUT2D eigenvalue weighted by atomic mass is 32.2. The molecule has 120 valence electrons. The molecule has 0 radical (unpaired) electrons. The molecule has 0 atom stereocenters. The van der Waals surface area contributed by atoms with Gasteiger partial charge in [-0.3, -0.25) is 0 Å². The largest absolute Gasteiger partial charge is 0.473 e. The Bertz CT molecular complexity index is 686. The van der Waals surface area contributed by atoms with E-state index in [0.717, 1.165) is 44.4 Å². The minimum absolute atomic E-state index is 0.550. The van der Waals surface area contributed by atoms with Crippen LogP contribution in [0.1, 0.15) is 11.1 Å². The minimum atomic E-state index is 0.550. The van der Waals surface area contributed by atoms with Crippen molar-refractivity contribution in [1.29, 1.82) is 0 Å². The first-order chi connectivity index (χ1) is 11.4. The summed E-state index contributed by atoms with van der Waals surface area (Å²) in [6.45, 7) is 4.06. The van der Waals surface area contributed by atoms with E-state index >= 15 is 0 Å². The Hall–Kier alpha value is -1.72. The molecule has 1 aromatic heterocycles. The molecule has 3 heterocycles. The molecule has 1 aromatic carbocycles. The average Bonchev–Trinajstić information content (AvgIpc) is 3.09. The first-order valence-corrected chi connectivity index (χ1v) is 9.03. The molecule has 0 spiro atoms. The van der Waals surface area contributed by atoms with E-state index in [1.54, 1.807) is 0 Å². The third-order valence-corrected chi connectivity index (χ3v) is 5.32. The van der Waals surface area contributed by atoms with Crippen molar-refractivity contribution in [2.45, 2.75) is 17.9 Å². The number of hydrogen-bond acceptors (Lipinski definition) is 5. The van der Waals surface area contributed by atoms with Crippen molar-refractivity contribution in [3.05, 3.63) is 47.7 Å². The number of nitrogens with zero attached hydrogens (tertiary/aromatic N) is 2. The third-order valence-electron chi connectivity index (χ3n) is 4.22. The van der Waals surface area contributed by atoms with Crippen LogP contribution in [0.3, 0.4) is 0 Å². The molecule has 4 rings (SSSR count). The van der Waals surface area contributed by atoms with Crippen LogP contribution in [0, 0.1) is 0 Å². The normalized spacial score (nSPS) is 17.1. The molecule has 23 heavy (non-hydrogen) atoms. The van der Waals surface area contributed by atoms with Crippen LogP contribution in [0.4, 0.5) is 5.69 Å². The number of benzene rings is 1. The molecule has 0 saturated carbocycles. The Kier molecular flexibility index (Phi) is 4.39. The van der Waals surface area contributed by atoms with Gasteiger partial charge < -0.3 is 14.4 Å². The van der Waals surface area contributed by atoms with E-state index in [-0.39, 0.29) is 0 Å². The molecule has 1 saturated heterocycles. The quantitative estimate of drug-likeness (QED) is 0.861. The molecule has 2 aromatic rings. The van der Waals surface area contributed by atoms with Gasteiger partial charge in [0.25, 0.3) is 0 Å². The third kappa shape index (κ3) is 3.46. The van der Waals surface area contributed by atoms with Gasteiger partial charge >= 0.3 is 0 Å². The number of aryl methyl sites for hydroxylation is 1. The number of ether oxygens (including phenoxy) is 2. The Morgan fingerprint density at radius 2 is 2.13 bits per heavy atom. The van der Waals surface area contributed by atoms with E-state index in [1.807, 2.05) is 18.0 Å². The van der Waals surface area contributed by atoms with Crippen LogP contribution in [0.15, 0.2) is 41.4 Å². The molecule has 0 bridgehead atoms. The van der Waals surface area contributed by atoms with Gasteiger partial charge in [0.1, 0.15) is 6.61 Å². The van der Waals surface area contributed by atoms with E-state index < -0.39 is 0 Å². The second-order valence-corrected chi connectivity index (χ2v) is 6.92. The first kappa shape index (κ1) is 14.8. The number of morpholine rings is 1. The topological polar surface area (TPSA) is 34.6 Å². The number of fused-ring (bicyclic) bond motifs is 1. The van der Waals surface area contributed by atoms with Gasteiger partial charge in [0.2, 0.25) is 5.88 Å². The minimum Gasteiger partial charge on any atom is -0.473 e. The second-order valence-electron chi connectivity index (χ2n) is 5.79. The van der Waals surface area contributed by atoms with Crippen molar-refractivity contribution in [2.24, 2.45) is 0 Å². The van der Waals surface area contributed by atoms with E-state index in [2.05, 4.69) is 40.2 Å². The molecule has 2 aliphatic rings. The molecule has 0 amide bonds. The van der Waals surface area contributed by atoms with Crippen molar-refractivity contribution >= 4 is 17.4 Å². The molecule has 2 aliphatic heterocycles. The van der Waals surface area contributed by atoms with Crippen molar-refractivity contribution < 1.29 is 9.47 Å². The van der Waals surface area contributed by atoms with Gasteiger partial charge in [-0.15, -0.1) is 11.8 Å². The number of aromatic nitrogens is 1. The summed E-state index contributed by atoms with van der Waals surface area (Å²) in [5.74, 6) is 1.87. The summed E-state index contributed by atoms with van der Waals surface area (Å²) in [6, 6.07) is 10.6. The monoisotopic (exact) mass is 328 g/mol. The first-order valence-electron chi connectivity index (χ1n) is 8.05. The molecule has 0 unspecified atom stereocenters. The lowest BCUT2D eigenvalue weighted by Gasteiger charge is -2.29. The standard InChI is InChI=1S/C18H20N2O2S/c1-2-14(10-16(3-1)20-5-7-21-8-6-20)13-22-18-11-17-15(12-19-18)4-9-23-17/h1-3,10-12H,4-9,13H2. The van der Waals surface area contributed by atoms with Gasteiger partial charge in [0.15, 0.2) is 0 Å². The van der Waals surface area contributed by atoms with Gasteiger partial charge in [0.05, 0.1) is 13.2 Å². The van der Waals surface area contributed by atoms with E-state index in [9.17, 15) is 0 Å². The van der Waals surface area contributed by atoms with Crippen LogP contribution >= 0.6 is 11.8 Å².